The Balaban J connectivity index is 2.35. The zero-order chi connectivity index (χ0) is 14.5. The molecule has 104 valence electrons. The fourth-order valence-electron chi connectivity index (χ4n) is 1.96. The summed E-state index contributed by atoms with van der Waals surface area (Å²) in [6.45, 7) is 2.08. The number of rotatable bonds is 4. The van der Waals surface area contributed by atoms with Crippen molar-refractivity contribution < 1.29 is 9.18 Å². The van der Waals surface area contributed by atoms with Crippen molar-refractivity contribution in [1.29, 1.82) is 0 Å². The molecular weight excluding hydrogens is 255 g/mol. The lowest BCUT2D eigenvalue weighted by atomic mass is 10.0. The molecule has 1 amide bonds. The molecule has 0 atom stereocenters. The summed E-state index contributed by atoms with van der Waals surface area (Å²) < 4.78 is 13.5. The third kappa shape index (κ3) is 3.42. The number of hydrogen-bond acceptors (Lipinski definition) is 2. The summed E-state index contributed by atoms with van der Waals surface area (Å²) in [5.74, 6) is -0.366. The van der Waals surface area contributed by atoms with Crippen LogP contribution in [0.2, 0.25) is 0 Å². The third-order valence-electron chi connectivity index (χ3n) is 2.99. The van der Waals surface area contributed by atoms with Gasteiger partial charge in [0.25, 0.3) is 0 Å². The van der Waals surface area contributed by atoms with Crippen LogP contribution in [0.3, 0.4) is 0 Å². The first-order valence-electron chi connectivity index (χ1n) is 6.52. The lowest BCUT2D eigenvalue weighted by molar-refractivity contribution is -0.115. The van der Waals surface area contributed by atoms with Crippen LogP contribution in [-0.4, -0.2) is 5.91 Å². The minimum atomic E-state index is -0.314. The van der Waals surface area contributed by atoms with Crippen LogP contribution in [0.4, 0.5) is 10.1 Å². The molecule has 3 N–H and O–H groups in total. The Hall–Kier alpha value is -2.20. The Morgan fingerprint density at radius 1 is 1.20 bits per heavy atom. The highest BCUT2D eigenvalue weighted by Gasteiger charge is 2.05. The van der Waals surface area contributed by atoms with Gasteiger partial charge in [-0.15, -0.1) is 0 Å². The second kappa shape index (κ2) is 6.30. The summed E-state index contributed by atoms with van der Waals surface area (Å²) in [5.41, 5.74) is 8.59. The van der Waals surface area contributed by atoms with E-state index < -0.39 is 0 Å². The molecule has 2 rings (SSSR count). The van der Waals surface area contributed by atoms with Crippen LogP contribution in [0, 0.1) is 5.82 Å². The number of hydrogen-bond donors (Lipinski definition) is 2. The van der Waals surface area contributed by atoms with Gasteiger partial charge >= 0.3 is 0 Å². The molecule has 0 heterocycles. The fraction of sp³-hybridized carbons (Fsp3) is 0.188. The highest BCUT2D eigenvalue weighted by atomic mass is 19.1. The largest absolute Gasteiger partial charge is 0.326 e. The van der Waals surface area contributed by atoms with Crippen molar-refractivity contribution in [3.63, 3.8) is 0 Å². The van der Waals surface area contributed by atoms with Gasteiger partial charge in [-0.1, -0.05) is 19.1 Å². The van der Waals surface area contributed by atoms with Crippen LogP contribution in [0.5, 0.6) is 0 Å². The van der Waals surface area contributed by atoms with Gasteiger partial charge in [0.2, 0.25) is 5.91 Å². The van der Waals surface area contributed by atoms with Gasteiger partial charge in [-0.05, 0) is 47.0 Å². The molecule has 0 saturated carbocycles. The first-order chi connectivity index (χ1) is 9.62. The van der Waals surface area contributed by atoms with Crippen molar-refractivity contribution in [2.45, 2.75) is 19.9 Å². The molecule has 0 spiro atoms. The maximum atomic E-state index is 13.5. The average molecular weight is 272 g/mol. The number of carbonyl (C=O) groups excluding carboxylic acids is 1. The Morgan fingerprint density at radius 2 is 2.00 bits per heavy atom. The van der Waals surface area contributed by atoms with Gasteiger partial charge in [0.05, 0.1) is 0 Å². The highest BCUT2D eigenvalue weighted by Crippen LogP contribution is 2.24. The first-order valence-corrected chi connectivity index (χ1v) is 6.52. The molecule has 0 saturated heterocycles. The SMILES string of the molecule is CCC(=O)Nc1cccc(-c2cc(F)cc(CN)c2)c1. The molecule has 0 bridgehead atoms. The molecular formula is C16H17FN2O. The van der Waals surface area contributed by atoms with Crippen molar-refractivity contribution in [2.75, 3.05) is 5.32 Å². The van der Waals surface area contributed by atoms with E-state index in [4.69, 9.17) is 5.73 Å². The summed E-state index contributed by atoms with van der Waals surface area (Å²) >= 11 is 0. The van der Waals surface area contributed by atoms with Crippen molar-refractivity contribution in [1.82, 2.24) is 0 Å². The number of anilines is 1. The van der Waals surface area contributed by atoms with Crippen molar-refractivity contribution >= 4 is 11.6 Å². The normalized spacial score (nSPS) is 10.3. The number of benzene rings is 2. The highest BCUT2D eigenvalue weighted by molar-refractivity contribution is 5.91. The molecule has 0 aliphatic rings. The van der Waals surface area contributed by atoms with Crippen LogP contribution in [-0.2, 0) is 11.3 Å². The monoisotopic (exact) mass is 272 g/mol. The quantitative estimate of drug-likeness (QED) is 0.897. The van der Waals surface area contributed by atoms with Crippen LogP contribution in [0.25, 0.3) is 11.1 Å². The van der Waals surface area contributed by atoms with Gasteiger partial charge in [-0.3, -0.25) is 4.79 Å². The smallest absolute Gasteiger partial charge is 0.224 e. The van der Waals surface area contributed by atoms with Gasteiger partial charge < -0.3 is 11.1 Å². The van der Waals surface area contributed by atoms with E-state index in [0.29, 0.717) is 12.1 Å². The number of nitrogens with one attached hydrogen (secondary N) is 1. The fourth-order valence-corrected chi connectivity index (χ4v) is 1.96. The summed E-state index contributed by atoms with van der Waals surface area (Å²) in [6, 6.07) is 12.1. The van der Waals surface area contributed by atoms with E-state index in [1.165, 1.54) is 12.1 Å². The van der Waals surface area contributed by atoms with Crippen LogP contribution < -0.4 is 11.1 Å². The third-order valence-corrected chi connectivity index (χ3v) is 2.99. The predicted octanol–water partition coefficient (Wildman–Crippen LogP) is 3.30. The summed E-state index contributed by atoms with van der Waals surface area (Å²) in [5, 5.41) is 2.79. The number of halogens is 1. The standard InChI is InChI=1S/C16H17FN2O/c1-2-16(20)19-15-5-3-4-12(9-15)13-6-11(10-18)7-14(17)8-13/h3-9H,2,10,18H2,1H3,(H,19,20). The Labute approximate surface area is 117 Å². The lowest BCUT2D eigenvalue weighted by Crippen LogP contribution is -2.09. The molecule has 0 aromatic heterocycles. The molecule has 2 aromatic carbocycles. The van der Waals surface area contributed by atoms with Gasteiger partial charge in [-0.2, -0.15) is 0 Å². The average Bonchev–Trinajstić information content (AvgIpc) is 2.46. The maximum absolute atomic E-state index is 13.5. The number of nitrogens with two attached hydrogens (primary N) is 1. The van der Waals surface area contributed by atoms with Crippen LogP contribution >= 0.6 is 0 Å². The molecule has 2 aromatic rings. The lowest BCUT2D eigenvalue weighted by Gasteiger charge is -2.08. The first kappa shape index (κ1) is 14.2. The molecule has 20 heavy (non-hydrogen) atoms. The van der Waals surface area contributed by atoms with E-state index in [0.717, 1.165) is 16.7 Å². The summed E-state index contributed by atoms with van der Waals surface area (Å²) in [7, 11) is 0. The zero-order valence-electron chi connectivity index (χ0n) is 11.3. The van der Waals surface area contributed by atoms with E-state index in [1.54, 1.807) is 13.0 Å². The van der Waals surface area contributed by atoms with Crippen LogP contribution in [0.1, 0.15) is 18.9 Å². The van der Waals surface area contributed by atoms with E-state index in [2.05, 4.69) is 5.32 Å². The summed E-state index contributed by atoms with van der Waals surface area (Å²) in [6.07, 6.45) is 0.418. The maximum Gasteiger partial charge on any atom is 0.224 e. The van der Waals surface area contributed by atoms with Gasteiger partial charge in [0.15, 0.2) is 0 Å². The van der Waals surface area contributed by atoms with Gasteiger partial charge in [-0.25, -0.2) is 4.39 Å². The molecule has 3 nitrogen and oxygen atoms in total. The van der Waals surface area contributed by atoms with Gasteiger partial charge in [0, 0.05) is 18.7 Å². The minimum absolute atomic E-state index is 0.0518. The molecule has 0 aliphatic heterocycles. The van der Waals surface area contributed by atoms with E-state index in [1.807, 2.05) is 24.3 Å². The second-order valence-corrected chi connectivity index (χ2v) is 4.53. The number of amides is 1. The number of carbonyl (C=O) groups is 1. The Bertz CT molecular complexity index is 626. The molecule has 0 unspecified atom stereocenters. The summed E-state index contributed by atoms with van der Waals surface area (Å²) in [4.78, 5) is 11.4. The Kier molecular flexibility index (Phi) is 4.48. The topological polar surface area (TPSA) is 55.1 Å². The van der Waals surface area contributed by atoms with Crippen molar-refractivity contribution in [3.05, 3.63) is 53.8 Å². The predicted molar refractivity (Wildman–Crippen MR) is 78.6 cm³/mol. The van der Waals surface area contributed by atoms with E-state index in [9.17, 15) is 9.18 Å². The molecule has 0 fully saturated rings. The molecule has 0 aliphatic carbocycles. The molecule has 4 heteroatoms. The van der Waals surface area contributed by atoms with Crippen molar-refractivity contribution in [3.8, 4) is 11.1 Å². The minimum Gasteiger partial charge on any atom is -0.326 e. The second-order valence-electron chi connectivity index (χ2n) is 4.53. The van der Waals surface area contributed by atoms with Crippen LogP contribution in [0.15, 0.2) is 42.5 Å². The Morgan fingerprint density at radius 3 is 2.70 bits per heavy atom. The van der Waals surface area contributed by atoms with Crippen molar-refractivity contribution in [2.24, 2.45) is 5.73 Å². The molecule has 0 radical (unpaired) electrons. The van der Waals surface area contributed by atoms with E-state index in [-0.39, 0.29) is 18.3 Å². The van der Waals surface area contributed by atoms with Gasteiger partial charge in [0.1, 0.15) is 5.82 Å². The van der Waals surface area contributed by atoms with E-state index >= 15 is 0 Å². The zero-order valence-corrected chi connectivity index (χ0v) is 11.3.